The molecule has 0 fully saturated rings. The van der Waals surface area contributed by atoms with Gasteiger partial charge in [-0.1, -0.05) is 6.07 Å². The van der Waals surface area contributed by atoms with Crippen molar-refractivity contribution in [2.75, 3.05) is 5.73 Å². The summed E-state index contributed by atoms with van der Waals surface area (Å²) in [5, 5.41) is 9.81. The first-order valence-electron chi connectivity index (χ1n) is 5.95. The van der Waals surface area contributed by atoms with Crippen molar-refractivity contribution in [2.24, 2.45) is 0 Å². The first-order valence-corrected chi connectivity index (χ1v) is 6.77. The van der Waals surface area contributed by atoms with Crippen LogP contribution in [0.25, 0.3) is 0 Å². The van der Waals surface area contributed by atoms with Crippen LogP contribution in [0.2, 0.25) is 0 Å². The Hall–Kier alpha value is -1.60. The summed E-state index contributed by atoms with van der Waals surface area (Å²) in [5.41, 5.74) is 6.34. The maximum absolute atomic E-state index is 12.6. The van der Waals surface area contributed by atoms with E-state index in [0.29, 0.717) is 35.4 Å². The highest BCUT2D eigenvalue weighted by molar-refractivity contribution is 7.11. The average molecular weight is 300 g/mol. The molecule has 20 heavy (non-hydrogen) atoms. The second kappa shape index (κ2) is 4.20. The highest BCUT2D eigenvalue weighted by atomic mass is 32.1. The fourth-order valence-electron chi connectivity index (χ4n) is 2.53. The number of alkyl halides is 3. The highest BCUT2D eigenvalue weighted by Gasteiger charge is 2.42. The molecule has 3 N–H and O–H groups in total. The molecule has 106 valence electrons. The van der Waals surface area contributed by atoms with Crippen LogP contribution in [0.15, 0.2) is 24.4 Å². The van der Waals surface area contributed by atoms with Crippen LogP contribution < -0.4 is 5.73 Å². The van der Waals surface area contributed by atoms with Gasteiger partial charge in [0.2, 0.25) is 0 Å². The smallest absolute Gasteiger partial charge is 0.399 e. The second-order valence-corrected chi connectivity index (χ2v) is 5.83. The van der Waals surface area contributed by atoms with Crippen molar-refractivity contribution in [1.29, 1.82) is 0 Å². The van der Waals surface area contributed by atoms with Gasteiger partial charge in [0, 0.05) is 11.9 Å². The number of aromatic nitrogens is 1. The van der Waals surface area contributed by atoms with Crippen molar-refractivity contribution >= 4 is 17.0 Å². The van der Waals surface area contributed by atoms with E-state index in [2.05, 4.69) is 4.98 Å². The van der Waals surface area contributed by atoms with Crippen LogP contribution >= 0.6 is 11.3 Å². The summed E-state index contributed by atoms with van der Waals surface area (Å²) in [6.07, 6.45) is -2.46. The van der Waals surface area contributed by atoms with E-state index < -0.39 is 16.8 Å². The fourth-order valence-corrected chi connectivity index (χ4v) is 3.44. The molecule has 7 heteroatoms. The molecule has 0 spiro atoms. The topological polar surface area (TPSA) is 59.1 Å². The minimum atomic E-state index is -4.48. The molecular formula is C13H11F3N2OS. The largest absolute Gasteiger partial charge is 0.443 e. The van der Waals surface area contributed by atoms with Crippen molar-refractivity contribution < 1.29 is 18.3 Å². The second-order valence-electron chi connectivity index (χ2n) is 4.80. The molecule has 0 saturated carbocycles. The molecule has 1 aromatic heterocycles. The predicted molar refractivity (Wildman–Crippen MR) is 69.3 cm³/mol. The minimum Gasteiger partial charge on any atom is -0.399 e. The van der Waals surface area contributed by atoms with Crippen LogP contribution in [-0.2, 0) is 18.2 Å². The Kier molecular flexibility index (Phi) is 2.81. The van der Waals surface area contributed by atoms with Crippen molar-refractivity contribution in [3.63, 3.8) is 0 Å². The fraction of sp³-hybridized carbons (Fsp3) is 0.308. The molecule has 3 rings (SSSR count). The Morgan fingerprint density at radius 2 is 2.10 bits per heavy atom. The van der Waals surface area contributed by atoms with E-state index in [4.69, 9.17) is 5.73 Å². The third kappa shape index (κ3) is 1.97. The van der Waals surface area contributed by atoms with Gasteiger partial charge in [-0.2, -0.15) is 13.2 Å². The summed E-state index contributed by atoms with van der Waals surface area (Å²) in [5.74, 6) is 0. The number of hydrogen-bond donors (Lipinski definition) is 2. The molecule has 1 atom stereocenters. The number of fused-ring (bicyclic) bond motifs is 1. The molecule has 1 heterocycles. The summed E-state index contributed by atoms with van der Waals surface area (Å²) < 4.78 is 37.8. The van der Waals surface area contributed by atoms with E-state index in [1.807, 2.05) is 0 Å². The average Bonchev–Trinajstić information content (AvgIpc) is 2.95. The van der Waals surface area contributed by atoms with Gasteiger partial charge in [-0.3, -0.25) is 0 Å². The zero-order valence-corrected chi connectivity index (χ0v) is 11.1. The van der Waals surface area contributed by atoms with Gasteiger partial charge in [-0.05, 0) is 36.1 Å². The number of nitrogens with two attached hydrogens (primary N) is 1. The number of aliphatic hydroxyl groups is 1. The summed E-state index contributed by atoms with van der Waals surface area (Å²) in [7, 11) is 0. The van der Waals surface area contributed by atoms with Crippen LogP contribution in [0.4, 0.5) is 18.9 Å². The van der Waals surface area contributed by atoms with Gasteiger partial charge < -0.3 is 10.8 Å². The normalized spacial score (nSPS) is 22.0. The summed E-state index contributed by atoms with van der Waals surface area (Å²) in [6.45, 7) is 0. The molecule has 1 aliphatic rings. The molecule has 0 bridgehead atoms. The predicted octanol–water partition coefficient (Wildman–Crippen LogP) is 2.93. The van der Waals surface area contributed by atoms with Crippen molar-refractivity contribution in [2.45, 2.75) is 24.6 Å². The number of nitrogens with zero attached hydrogens (tertiary/aromatic N) is 1. The molecular weight excluding hydrogens is 289 g/mol. The number of hydrogen-bond acceptors (Lipinski definition) is 4. The lowest BCUT2D eigenvalue weighted by atomic mass is 9.94. The zero-order valence-electron chi connectivity index (χ0n) is 10.2. The Morgan fingerprint density at radius 1 is 1.35 bits per heavy atom. The summed E-state index contributed by atoms with van der Waals surface area (Å²) in [6, 6.07) is 5.06. The van der Waals surface area contributed by atoms with Gasteiger partial charge in [0.15, 0.2) is 5.01 Å². The lowest BCUT2D eigenvalue weighted by molar-refractivity contribution is -0.137. The molecule has 0 amide bonds. The number of halogens is 3. The van der Waals surface area contributed by atoms with E-state index >= 15 is 0 Å². The maximum Gasteiger partial charge on any atom is 0.443 e. The maximum atomic E-state index is 12.6. The number of benzene rings is 1. The minimum absolute atomic E-state index is 0.216. The summed E-state index contributed by atoms with van der Waals surface area (Å²) >= 11 is 0.486. The van der Waals surface area contributed by atoms with Crippen LogP contribution in [0.1, 0.15) is 27.4 Å². The Labute approximate surface area is 116 Å². The monoisotopic (exact) mass is 300 g/mol. The van der Waals surface area contributed by atoms with Gasteiger partial charge in [0.25, 0.3) is 0 Å². The Bertz CT molecular complexity index is 668. The first kappa shape index (κ1) is 13.4. The van der Waals surface area contributed by atoms with Crippen molar-refractivity contribution in [3.8, 4) is 0 Å². The van der Waals surface area contributed by atoms with Crippen molar-refractivity contribution in [1.82, 2.24) is 4.98 Å². The van der Waals surface area contributed by atoms with E-state index in [0.717, 1.165) is 11.8 Å². The van der Waals surface area contributed by atoms with Gasteiger partial charge in [-0.25, -0.2) is 4.98 Å². The molecule has 0 saturated heterocycles. The van der Waals surface area contributed by atoms with Gasteiger partial charge in [0.1, 0.15) is 5.60 Å². The van der Waals surface area contributed by atoms with Crippen LogP contribution in [0.3, 0.4) is 0 Å². The van der Waals surface area contributed by atoms with Gasteiger partial charge in [-0.15, -0.1) is 11.3 Å². The number of thiazole rings is 1. The lowest BCUT2D eigenvalue weighted by Gasteiger charge is -2.22. The molecule has 2 aromatic rings. The van der Waals surface area contributed by atoms with Crippen molar-refractivity contribution in [3.05, 3.63) is 45.4 Å². The third-order valence-corrected chi connectivity index (χ3v) is 4.68. The first-order chi connectivity index (χ1) is 9.30. The van der Waals surface area contributed by atoms with Gasteiger partial charge in [0.05, 0.1) is 4.88 Å². The van der Waals surface area contributed by atoms with Gasteiger partial charge >= 0.3 is 6.18 Å². The molecule has 1 aliphatic carbocycles. The van der Waals surface area contributed by atoms with Crippen LogP contribution in [-0.4, -0.2) is 10.1 Å². The molecule has 1 aromatic carbocycles. The number of rotatable bonds is 1. The van der Waals surface area contributed by atoms with E-state index in [9.17, 15) is 18.3 Å². The Balaban J connectivity index is 2.05. The number of nitrogen functional groups attached to an aromatic ring is 1. The zero-order chi connectivity index (χ0) is 14.5. The molecule has 1 unspecified atom stereocenters. The lowest BCUT2D eigenvalue weighted by Crippen LogP contribution is -2.22. The van der Waals surface area contributed by atoms with E-state index in [1.54, 1.807) is 18.2 Å². The molecule has 0 radical (unpaired) electrons. The van der Waals surface area contributed by atoms with Crippen LogP contribution in [0.5, 0.6) is 0 Å². The van der Waals surface area contributed by atoms with E-state index in [-0.39, 0.29) is 4.88 Å². The SMILES string of the molecule is Nc1ccc2c(c1)CCC2(O)c1cnc(C(F)(F)F)s1. The highest BCUT2D eigenvalue weighted by Crippen LogP contribution is 2.46. The molecule has 0 aliphatic heterocycles. The number of aryl methyl sites for hydroxylation is 1. The quantitative estimate of drug-likeness (QED) is 0.796. The number of anilines is 1. The third-order valence-electron chi connectivity index (χ3n) is 3.49. The standard InChI is InChI=1S/C13H11F3N2OS/c14-13(15,16)11-18-6-10(20-11)12(19)4-3-7-5-8(17)1-2-9(7)12/h1-2,5-6,19H,3-4,17H2. The Morgan fingerprint density at radius 3 is 2.75 bits per heavy atom. The summed E-state index contributed by atoms with van der Waals surface area (Å²) in [4.78, 5) is 3.59. The van der Waals surface area contributed by atoms with E-state index in [1.165, 1.54) is 0 Å². The van der Waals surface area contributed by atoms with Crippen LogP contribution in [0, 0.1) is 0 Å². The molecule has 3 nitrogen and oxygen atoms in total.